The summed E-state index contributed by atoms with van der Waals surface area (Å²) in [5.74, 6) is -0.445. The molecule has 1 atom stereocenters. The summed E-state index contributed by atoms with van der Waals surface area (Å²) in [6.45, 7) is 3.89. The maximum Gasteiger partial charge on any atom is 0.340 e. The number of aliphatic hydroxyl groups is 1. The molecule has 0 aliphatic heterocycles. The van der Waals surface area contributed by atoms with Crippen molar-refractivity contribution in [1.29, 1.82) is 0 Å². The highest BCUT2D eigenvalue weighted by atomic mass is 32.2. The van der Waals surface area contributed by atoms with Gasteiger partial charge in [-0.2, -0.15) is 0 Å². The van der Waals surface area contributed by atoms with Gasteiger partial charge in [0.2, 0.25) is 0 Å². The number of anilines is 1. The average Bonchev–Trinajstić information content (AvgIpc) is 2.31. The highest BCUT2D eigenvalue weighted by Crippen LogP contribution is 2.26. The van der Waals surface area contributed by atoms with Crippen LogP contribution in [0, 0.1) is 0 Å². The SMILES string of the molecule is CCOC(=O)c1cc(N)cnc1SC(C)CO. The molecule has 0 spiro atoms. The van der Waals surface area contributed by atoms with Crippen LogP contribution in [0.2, 0.25) is 0 Å². The normalized spacial score (nSPS) is 12.2. The Labute approximate surface area is 104 Å². The summed E-state index contributed by atoms with van der Waals surface area (Å²) in [5, 5.41) is 9.48. The first-order valence-electron chi connectivity index (χ1n) is 5.28. The number of nitrogens with two attached hydrogens (primary N) is 1. The van der Waals surface area contributed by atoms with Crippen molar-refractivity contribution >= 4 is 23.4 Å². The quantitative estimate of drug-likeness (QED) is 0.610. The van der Waals surface area contributed by atoms with Crippen LogP contribution in [0.4, 0.5) is 5.69 Å². The van der Waals surface area contributed by atoms with Crippen LogP contribution in [0.15, 0.2) is 17.3 Å². The van der Waals surface area contributed by atoms with E-state index in [-0.39, 0.29) is 11.9 Å². The van der Waals surface area contributed by atoms with Crippen molar-refractivity contribution in [3.63, 3.8) is 0 Å². The van der Waals surface area contributed by atoms with E-state index in [0.29, 0.717) is 22.9 Å². The molecule has 0 saturated heterocycles. The molecular weight excluding hydrogens is 240 g/mol. The second-order valence-electron chi connectivity index (χ2n) is 3.45. The summed E-state index contributed by atoms with van der Waals surface area (Å²) in [6, 6.07) is 1.54. The Balaban J connectivity index is 2.99. The van der Waals surface area contributed by atoms with Gasteiger partial charge in [0.1, 0.15) is 5.03 Å². The van der Waals surface area contributed by atoms with Crippen LogP contribution in [-0.2, 0) is 4.74 Å². The van der Waals surface area contributed by atoms with Crippen molar-refractivity contribution < 1.29 is 14.6 Å². The summed E-state index contributed by atoms with van der Waals surface area (Å²) < 4.78 is 4.93. The molecule has 0 aliphatic carbocycles. The summed E-state index contributed by atoms with van der Waals surface area (Å²) >= 11 is 1.32. The molecule has 0 amide bonds. The number of esters is 1. The maximum atomic E-state index is 11.7. The van der Waals surface area contributed by atoms with E-state index in [0.717, 1.165) is 0 Å². The molecule has 0 aromatic carbocycles. The molecule has 1 unspecified atom stereocenters. The third-order valence-electron chi connectivity index (χ3n) is 1.94. The zero-order valence-electron chi connectivity index (χ0n) is 9.84. The van der Waals surface area contributed by atoms with E-state index in [2.05, 4.69) is 4.98 Å². The molecule has 3 N–H and O–H groups in total. The molecule has 94 valence electrons. The first kappa shape index (κ1) is 13.8. The van der Waals surface area contributed by atoms with E-state index in [1.807, 2.05) is 6.92 Å². The highest BCUT2D eigenvalue weighted by molar-refractivity contribution is 7.99. The summed E-state index contributed by atoms with van der Waals surface area (Å²) in [4.78, 5) is 15.8. The Morgan fingerprint density at radius 2 is 2.41 bits per heavy atom. The van der Waals surface area contributed by atoms with Gasteiger partial charge >= 0.3 is 5.97 Å². The number of thioether (sulfide) groups is 1. The predicted octanol–water partition coefficient (Wildman–Crippen LogP) is 1.31. The fourth-order valence-corrected chi connectivity index (χ4v) is 1.98. The molecular formula is C11H16N2O3S. The van der Waals surface area contributed by atoms with Gasteiger partial charge in [0.05, 0.1) is 30.7 Å². The second kappa shape index (κ2) is 6.46. The molecule has 0 fully saturated rings. The number of nitrogen functional groups attached to an aromatic ring is 1. The average molecular weight is 256 g/mol. The van der Waals surface area contributed by atoms with Crippen molar-refractivity contribution in [2.75, 3.05) is 18.9 Å². The van der Waals surface area contributed by atoms with Gasteiger partial charge in [-0.05, 0) is 13.0 Å². The number of carbonyl (C=O) groups is 1. The zero-order valence-corrected chi connectivity index (χ0v) is 10.7. The van der Waals surface area contributed by atoms with E-state index in [4.69, 9.17) is 15.6 Å². The van der Waals surface area contributed by atoms with Crippen molar-refractivity contribution in [2.45, 2.75) is 24.1 Å². The number of aromatic nitrogens is 1. The van der Waals surface area contributed by atoms with Crippen LogP contribution in [0.5, 0.6) is 0 Å². The van der Waals surface area contributed by atoms with Gasteiger partial charge in [-0.15, -0.1) is 11.8 Å². The predicted molar refractivity (Wildman–Crippen MR) is 67.0 cm³/mol. The minimum Gasteiger partial charge on any atom is -0.462 e. The fourth-order valence-electron chi connectivity index (χ4n) is 1.15. The van der Waals surface area contributed by atoms with E-state index >= 15 is 0 Å². The van der Waals surface area contributed by atoms with Gasteiger partial charge in [-0.1, -0.05) is 6.92 Å². The molecule has 17 heavy (non-hydrogen) atoms. The van der Waals surface area contributed by atoms with Crippen molar-refractivity contribution in [3.05, 3.63) is 17.8 Å². The molecule has 0 radical (unpaired) electrons. The van der Waals surface area contributed by atoms with E-state index in [9.17, 15) is 4.79 Å². The number of rotatable bonds is 5. The molecule has 1 aromatic heterocycles. The van der Waals surface area contributed by atoms with Crippen LogP contribution in [0.25, 0.3) is 0 Å². The van der Waals surface area contributed by atoms with Crippen LogP contribution >= 0.6 is 11.8 Å². The first-order chi connectivity index (χ1) is 8.08. The number of carbonyl (C=O) groups excluding carboxylic acids is 1. The molecule has 1 heterocycles. The highest BCUT2D eigenvalue weighted by Gasteiger charge is 2.16. The lowest BCUT2D eigenvalue weighted by molar-refractivity contribution is 0.0521. The van der Waals surface area contributed by atoms with Crippen LogP contribution < -0.4 is 5.73 Å². The van der Waals surface area contributed by atoms with Gasteiger partial charge in [0, 0.05) is 5.25 Å². The maximum absolute atomic E-state index is 11.7. The lowest BCUT2D eigenvalue weighted by atomic mass is 10.3. The third kappa shape index (κ3) is 3.90. The Hall–Kier alpha value is -1.27. The van der Waals surface area contributed by atoms with Crippen molar-refractivity contribution in [2.24, 2.45) is 0 Å². The number of hydrogen-bond donors (Lipinski definition) is 2. The number of aliphatic hydroxyl groups excluding tert-OH is 1. The molecule has 5 nitrogen and oxygen atoms in total. The van der Waals surface area contributed by atoms with Gasteiger partial charge in [-0.25, -0.2) is 9.78 Å². The van der Waals surface area contributed by atoms with Crippen molar-refractivity contribution in [1.82, 2.24) is 4.98 Å². The van der Waals surface area contributed by atoms with Gasteiger partial charge in [0.15, 0.2) is 0 Å². The number of pyridine rings is 1. The lowest BCUT2D eigenvalue weighted by Gasteiger charge is -2.11. The molecule has 6 heteroatoms. The second-order valence-corrected chi connectivity index (χ2v) is 4.88. The molecule has 1 aromatic rings. The standard InChI is InChI=1S/C11H16N2O3S/c1-3-16-11(15)9-4-8(12)5-13-10(9)17-7(2)6-14/h4-5,7,14H,3,6,12H2,1-2H3. The lowest BCUT2D eigenvalue weighted by Crippen LogP contribution is -2.10. The van der Waals surface area contributed by atoms with E-state index < -0.39 is 5.97 Å². The molecule has 0 bridgehead atoms. The monoisotopic (exact) mass is 256 g/mol. The molecule has 0 saturated carbocycles. The van der Waals surface area contributed by atoms with Crippen molar-refractivity contribution in [3.8, 4) is 0 Å². The van der Waals surface area contributed by atoms with E-state index in [1.54, 1.807) is 6.92 Å². The van der Waals surface area contributed by atoms with Gasteiger partial charge < -0.3 is 15.6 Å². The summed E-state index contributed by atoms with van der Waals surface area (Å²) in [7, 11) is 0. The Morgan fingerprint density at radius 1 is 1.71 bits per heavy atom. The minimum absolute atomic E-state index is 0.0129. The largest absolute Gasteiger partial charge is 0.462 e. The van der Waals surface area contributed by atoms with Crippen LogP contribution in [-0.4, -0.2) is 34.5 Å². The Bertz CT molecular complexity index is 398. The van der Waals surface area contributed by atoms with Gasteiger partial charge in [0.25, 0.3) is 0 Å². The number of hydrogen-bond acceptors (Lipinski definition) is 6. The first-order valence-corrected chi connectivity index (χ1v) is 6.16. The Kier molecular flexibility index (Phi) is 5.24. The number of nitrogens with zero attached hydrogens (tertiary/aromatic N) is 1. The zero-order chi connectivity index (χ0) is 12.8. The number of ether oxygens (including phenoxy) is 1. The van der Waals surface area contributed by atoms with Gasteiger partial charge in [-0.3, -0.25) is 0 Å². The summed E-state index contributed by atoms with van der Waals surface area (Å²) in [5.41, 5.74) is 6.35. The summed E-state index contributed by atoms with van der Waals surface area (Å²) in [6.07, 6.45) is 1.48. The van der Waals surface area contributed by atoms with Crippen LogP contribution in [0.3, 0.4) is 0 Å². The van der Waals surface area contributed by atoms with E-state index in [1.165, 1.54) is 24.0 Å². The fraction of sp³-hybridized carbons (Fsp3) is 0.455. The Morgan fingerprint density at radius 3 is 3.00 bits per heavy atom. The molecule has 0 aliphatic rings. The minimum atomic E-state index is -0.445. The molecule has 1 rings (SSSR count). The smallest absolute Gasteiger partial charge is 0.340 e. The topological polar surface area (TPSA) is 85.4 Å². The third-order valence-corrected chi connectivity index (χ3v) is 3.04. The van der Waals surface area contributed by atoms with Crippen LogP contribution in [0.1, 0.15) is 24.2 Å².